The summed E-state index contributed by atoms with van der Waals surface area (Å²) in [6.07, 6.45) is 3.08. The van der Waals surface area contributed by atoms with Crippen molar-refractivity contribution >= 4 is 12.2 Å². The van der Waals surface area contributed by atoms with E-state index in [0.29, 0.717) is 31.8 Å². The standard InChI is InChI=1S/C22H33N3O4/c1-22(2,3)29-20(26)24-19-13-18(14-19)23-17-9-11-25(12-10-17)21(27)28-15-16-7-5-4-6-8-16/h4-8,17-19,23H,9-15H2,1-3H3,(H,24,26). The Bertz CT molecular complexity index is 675. The summed E-state index contributed by atoms with van der Waals surface area (Å²) in [5.41, 5.74) is 0.527. The van der Waals surface area contributed by atoms with E-state index in [4.69, 9.17) is 9.47 Å². The molecule has 0 bridgehead atoms. The van der Waals surface area contributed by atoms with E-state index in [1.807, 2.05) is 51.1 Å². The lowest BCUT2D eigenvalue weighted by Crippen LogP contribution is -2.56. The van der Waals surface area contributed by atoms with Crippen LogP contribution in [0, 0.1) is 0 Å². The number of piperidine rings is 1. The minimum absolute atomic E-state index is 0.176. The zero-order chi connectivity index (χ0) is 20.9. The van der Waals surface area contributed by atoms with Gasteiger partial charge < -0.3 is 25.0 Å². The molecule has 7 nitrogen and oxygen atoms in total. The quantitative estimate of drug-likeness (QED) is 0.787. The number of benzene rings is 1. The molecule has 1 heterocycles. The highest BCUT2D eigenvalue weighted by molar-refractivity contribution is 5.68. The van der Waals surface area contributed by atoms with E-state index in [1.54, 1.807) is 4.90 Å². The van der Waals surface area contributed by atoms with Crippen molar-refractivity contribution in [3.8, 4) is 0 Å². The number of hydrogen-bond acceptors (Lipinski definition) is 5. The van der Waals surface area contributed by atoms with Crippen molar-refractivity contribution < 1.29 is 19.1 Å². The van der Waals surface area contributed by atoms with Crippen molar-refractivity contribution in [2.45, 2.75) is 76.8 Å². The lowest BCUT2D eigenvalue weighted by atomic mass is 9.85. The molecule has 0 spiro atoms. The Labute approximate surface area is 173 Å². The van der Waals surface area contributed by atoms with E-state index >= 15 is 0 Å². The number of nitrogens with one attached hydrogen (secondary N) is 2. The van der Waals surface area contributed by atoms with Gasteiger partial charge in [-0.05, 0) is 52.0 Å². The fraction of sp³-hybridized carbons (Fsp3) is 0.636. The molecular weight excluding hydrogens is 370 g/mol. The van der Waals surface area contributed by atoms with Gasteiger partial charge in [0.1, 0.15) is 12.2 Å². The van der Waals surface area contributed by atoms with Crippen molar-refractivity contribution in [3.05, 3.63) is 35.9 Å². The van der Waals surface area contributed by atoms with Gasteiger partial charge in [0.25, 0.3) is 0 Å². The van der Waals surface area contributed by atoms with Gasteiger partial charge in [-0.3, -0.25) is 0 Å². The predicted molar refractivity (Wildman–Crippen MR) is 111 cm³/mol. The monoisotopic (exact) mass is 403 g/mol. The Kier molecular flexibility index (Phi) is 7.00. The first-order valence-corrected chi connectivity index (χ1v) is 10.5. The molecule has 0 unspecified atom stereocenters. The van der Waals surface area contributed by atoms with Crippen LogP contribution in [-0.2, 0) is 16.1 Å². The average Bonchev–Trinajstić information content (AvgIpc) is 2.64. The second kappa shape index (κ2) is 9.48. The maximum absolute atomic E-state index is 12.2. The minimum atomic E-state index is -0.471. The van der Waals surface area contributed by atoms with Crippen molar-refractivity contribution in [1.29, 1.82) is 0 Å². The largest absolute Gasteiger partial charge is 0.445 e. The summed E-state index contributed by atoms with van der Waals surface area (Å²) in [6.45, 7) is 7.31. The second-order valence-corrected chi connectivity index (χ2v) is 8.98. The molecule has 1 saturated carbocycles. The summed E-state index contributed by atoms with van der Waals surface area (Å²) in [5, 5.41) is 6.57. The van der Waals surface area contributed by atoms with Crippen LogP contribution in [0.25, 0.3) is 0 Å². The molecule has 2 aliphatic rings. The number of likely N-dealkylation sites (tertiary alicyclic amines) is 1. The average molecular weight is 404 g/mol. The SMILES string of the molecule is CC(C)(C)OC(=O)NC1CC(NC2CCN(C(=O)OCc3ccccc3)CC2)C1. The van der Waals surface area contributed by atoms with Gasteiger partial charge in [-0.1, -0.05) is 30.3 Å². The lowest BCUT2D eigenvalue weighted by Gasteiger charge is -2.41. The van der Waals surface area contributed by atoms with Crippen LogP contribution in [0.1, 0.15) is 52.0 Å². The van der Waals surface area contributed by atoms with Crippen molar-refractivity contribution in [2.24, 2.45) is 0 Å². The van der Waals surface area contributed by atoms with Crippen molar-refractivity contribution in [3.63, 3.8) is 0 Å². The van der Waals surface area contributed by atoms with Crippen LogP contribution in [0.4, 0.5) is 9.59 Å². The Morgan fingerprint density at radius 2 is 1.69 bits per heavy atom. The Morgan fingerprint density at radius 1 is 1.03 bits per heavy atom. The Hall–Kier alpha value is -2.28. The second-order valence-electron chi connectivity index (χ2n) is 8.98. The van der Waals surface area contributed by atoms with Crippen LogP contribution in [0.15, 0.2) is 30.3 Å². The smallest absolute Gasteiger partial charge is 0.410 e. The normalized spacial score (nSPS) is 22.5. The molecule has 160 valence electrons. The summed E-state index contributed by atoms with van der Waals surface area (Å²) in [7, 11) is 0. The van der Waals surface area contributed by atoms with Crippen molar-refractivity contribution in [1.82, 2.24) is 15.5 Å². The van der Waals surface area contributed by atoms with Crippen LogP contribution >= 0.6 is 0 Å². The van der Waals surface area contributed by atoms with E-state index in [9.17, 15) is 9.59 Å². The van der Waals surface area contributed by atoms with E-state index in [0.717, 1.165) is 31.2 Å². The molecule has 1 aromatic rings. The van der Waals surface area contributed by atoms with E-state index in [-0.39, 0.29) is 18.2 Å². The zero-order valence-corrected chi connectivity index (χ0v) is 17.6. The molecule has 0 atom stereocenters. The van der Waals surface area contributed by atoms with Crippen LogP contribution in [0.5, 0.6) is 0 Å². The molecule has 2 amide bonds. The highest BCUT2D eigenvalue weighted by Crippen LogP contribution is 2.23. The summed E-state index contributed by atoms with van der Waals surface area (Å²) < 4.78 is 10.7. The van der Waals surface area contributed by atoms with E-state index in [2.05, 4.69) is 10.6 Å². The minimum Gasteiger partial charge on any atom is -0.445 e. The Morgan fingerprint density at radius 3 is 2.31 bits per heavy atom. The third kappa shape index (κ3) is 6.92. The summed E-state index contributed by atoms with van der Waals surface area (Å²) in [4.78, 5) is 25.8. The number of rotatable bonds is 5. The molecule has 29 heavy (non-hydrogen) atoms. The zero-order valence-electron chi connectivity index (χ0n) is 17.6. The van der Waals surface area contributed by atoms with Gasteiger partial charge in [-0.25, -0.2) is 9.59 Å². The van der Waals surface area contributed by atoms with Gasteiger partial charge in [0.15, 0.2) is 0 Å². The summed E-state index contributed by atoms with van der Waals surface area (Å²) in [5.74, 6) is 0. The molecule has 3 rings (SSSR count). The molecular formula is C22H33N3O4. The number of amides is 2. The first-order valence-electron chi connectivity index (χ1n) is 10.5. The molecule has 7 heteroatoms. The number of carbonyl (C=O) groups excluding carboxylic acids is 2. The number of alkyl carbamates (subject to hydrolysis) is 1. The van der Waals surface area contributed by atoms with Crippen LogP contribution in [0.2, 0.25) is 0 Å². The fourth-order valence-electron chi connectivity index (χ4n) is 3.72. The molecule has 1 aliphatic carbocycles. The van der Waals surface area contributed by atoms with E-state index in [1.165, 1.54) is 0 Å². The molecule has 0 radical (unpaired) electrons. The number of carbonyl (C=O) groups is 2. The predicted octanol–water partition coefficient (Wildman–Crippen LogP) is 3.43. The number of nitrogens with zero attached hydrogens (tertiary/aromatic N) is 1. The highest BCUT2D eigenvalue weighted by Gasteiger charge is 2.34. The highest BCUT2D eigenvalue weighted by atomic mass is 16.6. The van der Waals surface area contributed by atoms with E-state index < -0.39 is 5.60 Å². The third-order valence-corrected chi connectivity index (χ3v) is 5.29. The molecule has 0 aromatic heterocycles. The van der Waals surface area contributed by atoms with Gasteiger partial charge in [0.2, 0.25) is 0 Å². The first-order chi connectivity index (χ1) is 13.8. The van der Waals surface area contributed by atoms with Gasteiger partial charge in [0, 0.05) is 31.2 Å². The van der Waals surface area contributed by atoms with Crippen molar-refractivity contribution in [2.75, 3.05) is 13.1 Å². The first kappa shape index (κ1) is 21.4. The topological polar surface area (TPSA) is 79.9 Å². The molecule has 2 N–H and O–H groups in total. The van der Waals surface area contributed by atoms with Crippen LogP contribution < -0.4 is 10.6 Å². The molecule has 2 fully saturated rings. The third-order valence-electron chi connectivity index (χ3n) is 5.29. The summed E-state index contributed by atoms with van der Waals surface area (Å²) in [6, 6.07) is 10.7. The Balaban J connectivity index is 1.29. The number of ether oxygens (including phenoxy) is 2. The molecule has 1 saturated heterocycles. The molecule has 1 aromatic carbocycles. The summed E-state index contributed by atoms with van der Waals surface area (Å²) >= 11 is 0. The number of hydrogen-bond donors (Lipinski definition) is 2. The van der Waals surface area contributed by atoms with Gasteiger partial charge in [-0.2, -0.15) is 0 Å². The van der Waals surface area contributed by atoms with Gasteiger partial charge >= 0.3 is 12.2 Å². The van der Waals surface area contributed by atoms with Crippen LogP contribution in [0.3, 0.4) is 0 Å². The maximum atomic E-state index is 12.2. The maximum Gasteiger partial charge on any atom is 0.410 e. The van der Waals surface area contributed by atoms with Gasteiger partial charge in [0.05, 0.1) is 0 Å². The van der Waals surface area contributed by atoms with Crippen LogP contribution in [-0.4, -0.2) is 53.9 Å². The molecule has 1 aliphatic heterocycles. The van der Waals surface area contributed by atoms with Gasteiger partial charge in [-0.15, -0.1) is 0 Å². The fourth-order valence-corrected chi connectivity index (χ4v) is 3.72. The lowest BCUT2D eigenvalue weighted by molar-refractivity contribution is 0.0459.